The van der Waals surface area contributed by atoms with Crippen LogP contribution in [0.3, 0.4) is 0 Å². The lowest BCUT2D eigenvalue weighted by Gasteiger charge is -2.36. The van der Waals surface area contributed by atoms with Gasteiger partial charge in [-0.25, -0.2) is 8.42 Å². The third-order valence-electron chi connectivity index (χ3n) is 3.92. The highest BCUT2D eigenvalue weighted by atomic mass is 32.2. The van der Waals surface area contributed by atoms with Crippen LogP contribution in [0.5, 0.6) is 5.75 Å². The van der Waals surface area contributed by atoms with Crippen LogP contribution in [0.25, 0.3) is 0 Å². The van der Waals surface area contributed by atoms with E-state index in [1.807, 2.05) is 0 Å². The van der Waals surface area contributed by atoms with Gasteiger partial charge in [0.25, 0.3) is 0 Å². The first-order valence-electron chi connectivity index (χ1n) is 6.92. The zero-order chi connectivity index (χ0) is 15.5. The molecule has 0 heterocycles. The van der Waals surface area contributed by atoms with Crippen molar-refractivity contribution >= 4 is 15.9 Å². The van der Waals surface area contributed by atoms with Gasteiger partial charge in [-0.1, -0.05) is 19.3 Å². The van der Waals surface area contributed by atoms with E-state index < -0.39 is 15.6 Å². The first-order chi connectivity index (χ1) is 9.89. The zero-order valence-corrected chi connectivity index (χ0v) is 12.9. The highest BCUT2D eigenvalue weighted by Gasteiger charge is 2.39. The molecule has 0 radical (unpaired) electrons. The Morgan fingerprint density at radius 2 is 1.81 bits per heavy atom. The number of hydrogen-bond donors (Lipinski definition) is 3. The third-order valence-corrected chi connectivity index (χ3v) is 5.47. The lowest BCUT2D eigenvalue weighted by atomic mass is 9.82. The number of amidine groups is 1. The van der Waals surface area contributed by atoms with E-state index in [9.17, 15) is 8.42 Å². The first-order valence-corrected chi connectivity index (χ1v) is 8.40. The van der Waals surface area contributed by atoms with Crippen molar-refractivity contribution in [3.63, 3.8) is 0 Å². The maximum absolute atomic E-state index is 12.5. The summed E-state index contributed by atoms with van der Waals surface area (Å²) in [6.07, 6.45) is 3.91. The highest BCUT2D eigenvalue weighted by Crippen LogP contribution is 2.30. The second-order valence-electron chi connectivity index (χ2n) is 5.34. The smallest absolute Gasteiger partial charge is 0.241 e. The van der Waals surface area contributed by atoms with Crippen LogP contribution in [0.4, 0.5) is 0 Å². The Morgan fingerprint density at radius 3 is 2.29 bits per heavy atom. The number of sulfonamides is 1. The summed E-state index contributed by atoms with van der Waals surface area (Å²) in [6, 6.07) is 6.15. The Hall–Kier alpha value is -1.60. The number of methoxy groups -OCH3 is 1. The first kappa shape index (κ1) is 15.8. The van der Waals surface area contributed by atoms with Crippen LogP contribution in [-0.2, 0) is 10.0 Å². The van der Waals surface area contributed by atoms with Gasteiger partial charge in [-0.05, 0) is 37.1 Å². The quantitative estimate of drug-likeness (QED) is 0.567. The van der Waals surface area contributed by atoms with Gasteiger partial charge in [-0.2, -0.15) is 4.72 Å². The molecular formula is C14H21N3O3S. The number of rotatable bonds is 5. The van der Waals surface area contributed by atoms with E-state index >= 15 is 0 Å². The van der Waals surface area contributed by atoms with Gasteiger partial charge >= 0.3 is 0 Å². The second-order valence-corrected chi connectivity index (χ2v) is 7.02. The van der Waals surface area contributed by atoms with Crippen LogP contribution in [0.15, 0.2) is 29.2 Å². The van der Waals surface area contributed by atoms with Crippen LogP contribution < -0.4 is 15.2 Å². The van der Waals surface area contributed by atoms with Gasteiger partial charge in [0.15, 0.2) is 0 Å². The molecular weight excluding hydrogens is 290 g/mol. The molecule has 1 fully saturated rings. The largest absolute Gasteiger partial charge is 0.497 e. The fourth-order valence-corrected chi connectivity index (χ4v) is 4.09. The monoisotopic (exact) mass is 311 g/mol. The number of benzene rings is 1. The number of hydrogen-bond acceptors (Lipinski definition) is 4. The molecule has 1 aromatic carbocycles. The number of nitrogens with two attached hydrogens (primary N) is 1. The summed E-state index contributed by atoms with van der Waals surface area (Å²) in [4.78, 5) is 0.148. The lowest BCUT2D eigenvalue weighted by Crippen LogP contribution is -2.57. The van der Waals surface area contributed by atoms with Gasteiger partial charge in [0.1, 0.15) is 11.6 Å². The summed E-state index contributed by atoms with van der Waals surface area (Å²) >= 11 is 0. The van der Waals surface area contributed by atoms with Crippen molar-refractivity contribution in [2.24, 2.45) is 5.73 Å². The van der Waals surface area contributed by atoms with E-state index in [4.69, 9.17) is 15.9 Å². The van der Waals surface area contributed by atoms with Crippen LogP contribution in [0.1, 0.15) is 32.1 Å². The van der Waals surface area contributed by atoms with Crippen molar-refractivity contribution in [3.05, 3.63) is 24.3 Å². The topological polar surface area (TPSA) is 105 Å². The Balaban J connectivity index is 2.27. The van der Waals surface area contributed by atoms with Gasteiger partial charge < -0.3 is 10.5 Å². The molecule has 0 bridgehead atoms. The molecule has 1 aromatic rings. The maximum atomic E-state index is 12.5. The normalized spacial score (nSPS) is 18.1. The predicted molar refractivity (Wildman–Crippen MR) is 81.0 cm³/mol. The fraction of sp³-hybridized carbons (Fsp3) is 0.500. The van der Waals surface area contributed by atoms with Gasteiger partial charge in [0.2, 0.25) is 10.0 Å². The molecule has 0 spiro atoms. The SMILES string of the molecule is COc1ccc(S(=O)(=O)NC2(C(=N)N)CCCCC2)cc1. The minimum Gasteiger partial charge on any atom is -0.497 e. The van der Waals surface area contributed by atoms with Crippen LogP contribution in [-0.4, -0.2) is 26.9 Å². The predicted octanol–water partition coefficient (Wildman–Crippen LogP) is 1.61. The zero-order valence-electron chi connectivity index (χ0n) is 12.1. The Labute approximate surface area is 125 Å². The van der Waals surface area contributed by atoms with Crippen molar-refractivity contribution in [1.82, 2.24) is 4.72 Å². The van der Waals surface area contributed by atoms with E-state index in [1.165, 1.54) is 19.2 Å². The molecule has 0 saturated heterocycles. The fourth-order valence-electron chi connectivity index (χ4n) is 2.65. The molecule has 0 atom stereocenters. The van der Waals surface area contributed by atoms with Crippen molar-refractivity contribution < 1.29 is 13.2 Å². The minimum absolute atomic E-state index is 0.112. The minimum atomic E-state index is -3.71. The van der Waals surface area contributed by atoms with Gasteiger partial charge in [-0.3, -0.25) is 5.41 Å². The van der Waals surface area contributed by atoms with Crippen molar-refractivity contribution in [2.45, 2.75) is 42.5 Å². The molecule has 1 aliphatic rings. The molecule has 1 saturated carbocycles. The average molecular weight is 311 g/mol. The number of nitrogens with one attached hydrogen (secondary N) is 2. The molecule has 7 heteroatoms. The van der Waals surface area contributed by atoms with E-state index in [-0.39, 0.29) is 10.7 Å². The van der Waals surface area contributed by atoms with E-state index in [0.29, 0.717) is 18.6 Å². The summed E-state index contributed by atoms with van der Waals surface area (Å²) < 4.78 is 32.7. The van der Waals surface area contributed by atoms with Crippen molar-refractivity contribution in [1.29, 1.82) is 5.41 Å². The van der Waals surface area contributed by atoms with Crippen molar-refractivity contribution in [3.8, 4) is 5.75 Å². The van der Waals surface area contributed by atoms with Gasteiger partial charge in [-0.15, -0.1) is 0 Å². The molecule has 0 aromatic heterocycles. The summed E-state index contributed by atoms with van der Waals surface area (Å²) in [5.74, 6) is 0.479. The molecule has 6 nitrogen and oxygen atoms in total. The third kappa shape index (κ3) is 3.36. The summed E-state index contributed by atoms with van der Waals surface area (Å²) in [5.41, 5.74) is 4.72. The standard InChI is InChI=1S/C14H21N3O3S/c1-20-11-5-7-12(8-6-11)21(18,19)17-14(13(15)16)9-3-2-4-10-14/h5-8,17H,2-4,9-10H2,1H3,(H3,15,16). The molecule has 0 aliphatic heterocycles. The molecule has 2 rings (SSSR count). The molecule has 21 heavy (non-hydrogen) atoms. The maximum Gasteiger partial charge on any atom is 0.241 e. The highest BCUT2D eigenvalue weighted by molar-refractivity contribution is 7.89. The van der Waals surface area contributed by atoms with E-state index in [1.54, 1.807) is 12.1 Å². The average Bonchev–Trinajstić information content (AvgIpc) is 2.47. The number of ether oxygens (including phenoxy) is 1. The Bertz CT molecular complexity index is 605. The Morgan fingerprint density at radius 1 is 1.24 bits per heavy atom. The molecule has 116 valence electrons. The van der Waals surface area contributed by atoms with Crippen LogP contribution >= 0.6 is 0 Å². The van der Waals surface area contributed by atoms with Crippen molar-refractivity contribution in [2.75, 3.05) is 7.11 Å². The second kappa shape index (κ2) is 6.03. The van der Waals surface area contributed by atoms with Gasteiger partial charge in [0.05, 0.1) is 17.5 Å². The Kier molecular flexibility index (Phi) is 4.53. The molecule has 0 unspecified atom stereocenters. The molecule has 1 aliphatic carbocycles. The van der Waals surface area contributed by atoms with E-state index in [0.717, 1.165) is 19.3 Å². The van der Waals surface area contributed by atoms with Crippen LogP contribution in [0.2, 0.25) is 0 Å². The summed E-state index contributed by atoms with van der Waals surface area (Å²) in [6.45, 7) is 0. The van der Waals surface area contributed by atoms with Crippen LogP contribution in [0, 0.1) is 5.41 Å². The molecule has 4 N–H and O–H groups in total. The molecule has 0 amide bonds. The lowest BCUT2D eigenvalue weighted by molar-refractivity contribution is 0.348. The summed E-state index contributed by atoms with van der Waals surface area (Å²) in [7, 11) is -2.19. The van der Waals surface area contributed by atoms with E-state index in [2.05, 4.69) is 4.72 Å². The summed E-state index contributed by atoms with van der Waals surface area (Å²) in [5, 5.41) is 7.77. The van der Waals surface area contributed by atoms with Gasteiger partial charge in [0, 0.05) is 0 Å².